The molecular formula is C13H28N2. The largest absolute Gasteiger partial charge is 0.303 e. The van der Waals surface area contributed by atoms with E-state index in [2.05, 4.69) is 30.6 Å². The zero-order chi connectivity index (χ0) is 11.5. The maximum Gasteiger partial charge on any atom is 0.00971 e. The number of nitrogens with zero attached hydrogens (tertiary/aromatic N) is 2. The van der Waals surface area contributed by atoms with Crippen LogP contribution in [-0.2, 0) is 0 Å². The number of hydrogen-bond donors (Lipinski definition) is 0. The van der Waals surface area contributed by atoms with Crippen molar-refractivity contribution in [1.29, 1.82) is 0 Å². The summed E-state index contributed by atoms with van der Waals surface area (Å²) in [5.41, 5.74) is 0.695. The average molecular weight is 212 g/mol. The van der Waals surface area contributed by atoms with Crippen molar-refractivity contribution in [1.82, 2.24) is 9.80 Å². The van der Waals surface area contributed by atoms with Crippen LogP contribution in [0.15, 0.2) is 0 Å². The fraction of sp³-hybridized carbons (Fsp3) is 1.00. The van der Waals surface area contributed by atoms with Gasteiger partial charge in [0.05, 0.1) is 0 Å². The summed E-state index contributed by atoms with van der Waals surface area (Å²) < 4.78 is 0. The van der Waals surface area contributed by atoms with Crippen LogP contribution in [0.2, 0.25) is 0 Å². The summed E-state index contributed by atoms with van der Waals surface area (Å²) in [4.78, 5) is 5.19. The Labute approximate surface area is 95.6 Å². The van der Waals surface area contributed by atoms with Gasteiger partial charge in [-0.05, 0) is 33.4 Å². The van der Waals surface area contributed by atoms with Gasteiger partial charge in [0.25, 0.3) is 0 Å². The Hall–Kier alpha value is -0.0800. The summed E-state index contributed by atoms with van der Waals surface area (Å²) in [6, 6.07) is 0.751. The molecule has 2 aliphatic heterocycles. The zero-order valence-corrected chi connectivity index (χ0v) is 11.2. The van der Waals surface area contributed by atoms with E-state index in [1.807, 2.05) is 13.8 Å². The molecule has 0 unspecified atom stereocenters. The van der Waals surface area contributed by atoms with Crippen LogP contribution in [0.5, 0.6) is 0 Å². The Balaban J connectivity index is 0.000000531. The second kappa shape index (κ2) is 5.31. The van der Waals surface area contributed by atoms with E-state index in [0.717, 1.165) is 6.04 Å². The van der Waals surface area contributed by atoms with Crippen molar-refractivity contribution in [2.75, 3.05) is 32.7 Å². The second-order valence-corrected chi connectivity index (χ2v) is 5.12. The normalized spacial score (nSPS) is 25.2. The molecule has 1 spiro atoms. The summed E-state index contributed by atoms with van der Waals surface area (Å²) in [5, 5.41) is 0. The smallest absolute Gasteiger partial charge is 0.00971 e. The van der Waals surface area contributed by atoms with E-state index >= 15 is 0 Å². The van der Waals surface area contributed by atoms with E-state index in [0.29, 0.717) is 5.41 Å². The minimum absolute atomic E-state index is 0.695. The lowest BCUT2D eigenvalue weighted by Gasteiger charge is -2.50. The molecule has 90 valence electrons. The summed E-state index contributed by atoms with van der Waals surface area (Å²) >= 11 is 0. The number of hydrogen-bond acceptors (Lipinski definition) is 2. The van der Waals surface area contributed by atoms with Gasteiger partial charge in [-0.15, -0.1) is 0 Å². The lowest BCUT2D eigenvalue weighted by atomic mass is 9.78. The molecule has 2 rings (SSSR count). The van der Waals surface area contributed by atoms with Crippen LogP contribution < -0.4 is 0 Å². The molecule has 2 nitrogen and oxygen atoms in total. The van der Waals surface area contributed by atoms with Gasteiger partial charge >= 0.3 is 0 Å². The maximum absolute atomic E-state index is 2.60. The van der Waals surface area contributed by atoms with Gasteiger partial charge in [0.1, 0.15) is 0 Å². The van der Waals surface area contributed by atoms with Crippen molar-refractivity contribution >= 4 is 0 Å². The van der Waals surface area contributed by atoms with E-state index in [4.69, 9.17) is 0 Å². The van der Waals surface area contributed by atoms with Crippen molar-refractivity contribution in [3.05, 3.63) is 0 Å². The lowest BCUT2D eigenvalue weighted by Crippen LogP contribution is -2.59. The molecule has 0 bridgehead atoms. The molecule has 0 atom stereocenters. The van der Waals surface area contributed by atoms with Crippen LogP contribution in [0.4, 0.5) is 0 Å². The van der Waals surface area contributed by atoms with Gasteiger partial charge in [0.2, 0.25) is 0 Å². The lowest BCUT2D eigenvalue weighted by molar-refractivity contribution is -0.0137. The van der Waals surface area contributed by atoms with E-state index in [-0.39, 0.29) is 0 Å². The topological polar surface area (TPSA) is 6.48 Å². The number of likely N-dealkylation sites (tertiary alicyclic amines) is 2. The predicted octanol–water partition coefficient (Wildman–Crippen LogP) is 2.45. The molecule has 0 aromatic heterocycles. The minimum atomic E-state index is 0.695. The SMILES string of the molecule is CC.CCN1CCC2(C1)CN(C(C)C)C2. The van der Waals surface area contributed by atoms with Crippen molar-refractivity contribution < 1.29 is 0 Å². The Morgan fingerprint density at radius 1 is 1.13 bits per heavy atom. The molecule has 2 saturated heterocycles. The van der Waals surface area contributed by atoms with Crippen LogP contribution in [0.3, 0.4) is 0 Å². The van der Waals surface area contributed by atoms with Crippen LogP contribution >= 0.6 is 0 Å². The van der Waals surface area contributed by atoms with Gasteiger partial charge in [0, 0.05) is 31.1 Å². The Kier molecular flexibility index (Phi) is 4.60. The van der Waals surface area contributed by atoms with Crippen molar-refractivity contribution in [3.8, 4) is 0 Å². The molecule has 0 amide bonds. The Morgan fingerprint density at radius 3 is 2.13 bits per heavy atom. The first kappa shape index (κ1) is 13.0. The highest BCUT2D eigenvalue weighted by Crippen LogP contribution is 2.40. The van der Waals surface area contributed by atoms with Gasteiger partial charge in [-0.25, -0.2) is 0 Å². The Bertz CT molecular complexity index is 183. The van der Waals surface area contributed by atoms with Crippen LogP contribution in [-0.4, -0.2) is 48.6 Å². The fourth-order valence-corrected chi connectivity index (χ4v) is 2.74. The average Bonchev–Trinajstić information content (AvgIpc) is 2.62. The molecule has 0 aromatic carbocycles. The van der Waals surface area contributed by atoms with E-state index in [1.54, 1.807) is 0 Å². The molecule has 0 aromatic rings. The van der Waals surface area contributed by atoms with E-state index in [1.165, 1.54) is 39.1 Å². The van der Waals surface area contributed by atoms with Gasteiger partial charge in [-0.1, -0.05) is 20.8 Å². The molecule has 0 saturated carbocycles. The summed E-state index contributed by atoms with van der Waals surface area (Å²) in [6.45, 7) is 17.5. The standard InChI is InChI=1S/C11H22N2.C2H6/c1-4-12-6-5-11(7-12)8-13(9-11)10(2)3;1-2/h10H,4-9H2,1-3H3;1-2H3. The zero-order valence-electron chi connectivity index (χ0n) is 11.2. The second-order valence-electron chi connectivity index (χ2n) is 5.12. The fourth-order valence-electron chi connectivity index (χ4n) is 2.74. The molecule has 0 N–H and O–H groups in total. The highest BCUT2D eigenvalue weighted by molar-refractivity contribution is 5.01. The predicted molar refractivity (Wildman–Crippen MR) is 67.2 cm³/mol. The van der Waals surface area contributed by atoms with Crippen LogP contribution in [0, 0.1) is 5.41 Å². The monoisotopic (exact) mass is 212 g/mol. The summed E-state index contributed by atoms with van der Waals surface area (Å²) in [6.07, 6.45) is 1.43. The van der Waals surface area contributed by atoms with Crippen LogP contribution in [0.1, 0.15) is 41.0 Å². The molecule has 0 radical (unpaired) electrons. The molecule has 2 heteroatoms. The third-order valence-corrected chi connectivity index (χ3v) is 3.77. The highest BCUT2D eigenvalue weighted by atomic mass is 15.3. The molecular weight excluding hydrogens is 184 g/mol. The quantitative estimate of drug-likeness (QED) is 0.694. The molecule has 15 heavy (non-hydrogen) atoms. The Morgan fingerprint density at radius 2 is 1.73 bits per heavy atom. The van der Waals surface area contributed by atoms with Gasteiger partial charge in [-0.3, -0.25) is 4.90 Å². The van der Waals surface area contributed by atoms with Crippen molar-refractivity contribution in [2.24, 2.45) is 5.41 Å². The first-order valence-corrected chi connectivity index (χ1v) is 6.62. The minimum Gasteiger partial charge on any atom is -0.303 e. The van der Waals surface area contributed by atoms with Crippen molar-refractivity contribution in [2.45, 2.75) is 47.1 Å². The molecule has 2 heterocycles. The van der Waals surface area contributed by atoms with Gasteiger partial charge in [-0.2, -0.15) is 0 Å². The summed E-state index contributed by atoms with van der Waals surface area (Å²) in [5.74, 6) is 0. The van der Waals surface area contributed by atoms with E-state index in [9.17, 15) is 0 Å². The molecule has 2 aliphatic rings. The molecule has 2 fully saturated rings. The summed E-state index contributed by atoms with van der Waals surface area (Å²) in [7, 11) is 0. The first-order valence-electron chi connectivity index (χ1n) is 6.62. The maximum atomic E-state index is 2.60. The third kappa shape index (κ3) is 2.73. The van der Waals surface area contributed by atoms with E-state index < -0.39 is 0 Å². The van der Waals surface area contributed by atoms with Gasteiger partial charge in [0.15, 0.2) is 0 Å². The van der Waals surface area contributed by atoms with Gasteiger partial charge < -0.3 is 4.90 Å². The first-order chi connectivity index (χ1) is 7.15. The third-order valence-electron chi connectivity index (χ3n) is 3.77. The number of rotatable bonds is 2. The highest BCUT2D eigenvalue weighted by Gasteiger charge is 2.47. The van der Waals surface area contributed by atoms with Crippen molar-refractivity contribution in [3.63, 3.8) is 0 Å². The molecule has 0 aliphatic carbocycles. The van der Waals surface area contributed by atoms with Crippen LogP contribution in [0.25, 0.3) is 0 Å².